The first-order valence-electron chi connectivity index (χ1n) is 6.13. The van der Waals surface area contributed by atoms with E-state index in [4.69, 9.17) is 4.42 Å². The van der Waals surface area contributed by atoms with Gasteiger partial charge in [-0.1, -0.05) is 35.3 Å². The van der Waals surface area contributed by atoms with Gasteiger partial charge in [0.15, 0.2) is 5.76 Å². The lowest BCUT2D eigenvalue weighted by atomic mass is 10.1. The van der Waals surface area contributed by atoms with Crippen molar-refractivity contribution in [2.45, 2.75) is 19.8 Å². The van der Waals surface area contributed by atoms with Gasteiger partial charge in [0.05, 0.1) is 5.39 Å². The number of hydrogen-bond acceptors (Lipinski definition) is 3. The Morgan fingerprint density at radius 3 is 2.89 bits per heavy atom. The zero-order chi connectivity index (χ0) is 13.8. The number of carbonyl (C=O) groups excluding carboxylic acids is 1. The van der Waals surface area contributed by atoms with Crippen LogP contribution in [-0.2, 0) is 0 Å². The molecule has 19 heavy (non-hydrogen) atoms. The van der Waals surface area contributed by atoms with Gasteiger partial charge in [-0.3, -0.25) is 4.79 Å². The first-order chi connectivity index (χ1) is 9.11. The molecule has 2 aromatic rings. The lowest BCUT2D eigenvalue weighted by Crippen LogP contribution is -2.25. The van der Waals surface area contributed by atoms with E-state index >= 15 is 0 Å². The van der Waals surface area contributed by atoms with Gasteiger partial charge in [0, 0.05) is 11.0 Å². The van der Waals surface area contributed by atoms with Gasteiger partial charge in [-0.15, -0.1) is 0 Å². The summed E-state index contributed by atoms with van der Waals surface area (Å²) < 4.78 is 5.85. The number of halogens is 1. The van der Waals surface area contributed by atoms with Crippen LogP contribution in [0.1, 0.15) is 30.3 Å². The van der Waals surface area contributed by atoms with Crippen LogP contribution >= 0.6 is 15.9 Å². The number of benzene rings is 1. The van der Waals surface area contributed by atoms with Crippen molar-refractivity contribution in [2.24, 2.45) is 0 Å². The van der Waals surface area contributed by atoms with Gasteiger partial charge in [-0.05, 0) is 30.0 Å². The van der Waals surface area contributed by atoms with Crippen LogP contribution in [0.3, 0.4) is 0 Å². The maximum Gasteiger partial charge on any atom is 0.344 e. The average Bonchev–Trinajstić information content (AvgIpc) is 2.39. The molecule has 1 aromatic heterocycles. The van der Waals surface area contributed by atoms with Crippen LogP contribution < -0.4 is 10.9 Å². The Morgan fingerprint density at radius 2 is 2.16 bits per heavy atom. The van der Waals surface area contributed by atoms with E-state index in [2.05, 4.69) is 21.2 Å². The molecule has 1 aromatic carbocycles. The number of rotatable bonds is 4. The van der Waals surface area contributed by atoms with E-state index in [1.807, 2.05) is 13.0 Å². The zero-order valence-electron chi connectivity index (χ0n) is 10.5. The van der Waals surface area contributed by atoms with E-state index in [9.17, 15) is 9.59 Å². The molecule has 0 saturated heterocycles. The molecular weight excluding hydrogens is 310 g/mol. The molecule has 0 spiro atoms. The third kappa shape index (κ3) is 3.23. The highest BCUT2D eigenvalue weighted by Crippen LogP contribution is 2.18. The Morgan fingerprint density at radius 1 is 1.37 bits per heavy atom. The fourth-order valence-corrected chi connectivity index (χ4v) is 2.10. The number of fused-ring (bicyclic) bond motifs is 1. The summed E-state index contributed by atoms with van der Waals surface area (Å²) in [5.41, 5.74) is -0.501. The van der Waals surface area contributed by atoms with Gasteiger partial charge in [-0.2, -0.15) is 0 Å². The highest BCUT2D eigenvalue weighted by Gasteiger charge is 2.11. The van der Waals surface area contributed by atoms with Crippen molar-refractivity contribution in [3.8, 4) is 0 Å². The van der Waals surface area contributed by atoms with Crippen molar-refractivity contribution < 1.29 is 9.21 Å². The summed E-state index contributed by atoms with van der Waals surface area (Å²) in [7, 11) is 0. The lowest BCUT2D eigenvalue weighted by molar-refractivity contribution is 0.0921. The number of unbranched alkanes of at least 4 members (excludes halogenated alkanes) is 1. The summed E-state index contributed by atoms with van der Waals surface area (Å²) in [6, 6.07) is 6.87. The van der Waals surface area contributed by atoms with Crippen molar-refractivity contribution in [3.05, 3.63) is 44.9 Å². The monoisotopic (exact) mass is 323 g/mol. The zero-order valence-corrected chi connectivity index (χ0v) is 12.1. The van der Waals surface area contributed by atoms with E-state index in [1.165, 1.54) is 0 Å². The molecule has 0 atom stereocenters. The second-order valence-corrected chi connectivity index (χ2v) is 5.15. The third-order valence-electron chi connectivity index (χ3n) is 2.76. The molecule has 1 heterocycles. The standard InChI is InChI=1S/C14H14BrNO3/c1-2-3-6-16-13(17)12-7-9-4-5-10(15)8-11(9)14(18)19-12/h4-5,7-8H,2-3,6H2,1H3,(H,16,17). The van der Waals surface area contributed by atoms with E-state index in [-0.39, 0.29) is 11.7 Å². The summed E-state index contributed by atoms with van der Waals surface area (Å²) in [5, 5.41) is 3.87. The van der Waals surface area contributed by atoms with Crippen LogP contribution in [0.5, 0.6) is 0 Å². The first-order valence-corrected chi connectivity index (χ1v) is 6.92. The van der Waals surface area contributed by atoms with E-state index in [0.717, 1.165) is 17.3 Å². The van der Waals surface area contributed by atoms with Crippen molar-refractivity contribution in [1.82, 2.24) is 5.32 Å². The minimum Gasteiger partial charge on any atom is -0.417 e. The van der Waals surface area contributed by atoms with Crippen molar-refractivity contribution in [3.63, 3.8) is 0 Å². The molecule has 5 heteroatoms. The van der Waals surface area contributed by atoms with Gasteiger partial charge in [-0.25, -0.2) is 4.79 Å². The predicted molar refractivity (Wildman–Crippen MR) is 77.4 cm³/mol. The second kappa shape index (κ2) is 6.02. The summed E-state index contributed by atoms with van der Waals surface area (Å²) in [4.78, 5) is 23.6. The van der Waals surface area contributed by atoms with Crippen LogP contribution in [0.25, 0.3) is 10.8 Å². The maximum absolute atomic E-state index is 11.8. The molecule has 0 radical (unpaired) electrons. The van der Waals surface area contributed by atoms with Gasteiger partial charge in [0.2, 0.25) is 0 Å². The Kier molecular flexibility index (Phi) is 4.37. The summed E-state index contributed by atoms with van der Waals surface area (Å²) in [6.45, 7) is 2.62. The van der Waals surface area contributed by atoms with E-state index < -0.39 is 5.63 Å². The minimum absolute atomic E-state index is 0.0518. The molecule has 0 unspecified atom stereocenters. The number of nitrogens with one attached hydrogen (secondary N) is 1. The normalized spacial score (nSPS) is 10.6. The lowest BCUT2D eigenvalue weighted by Gasteiger charge is -2.04. The van der Waals surface area contributed by atoms with Crippen molar-refractivity contribution in [2.75, 3.05) is 6.54 Å². The summed E-state index contributed by atoms with van der Waals surface area (Å²) in [5.74, 6) is -0.300. The molecule has 0 saturated carbocycles. The Labute approximate surface area is 118 Å². The van der Waals surface area contributed by atoms with Crippen LogP contribution in [0, 0.1) is 0 Å². The van der Waals surface area contributed by atoms with Gasteiger partial charge < -0.3 is 9.73 Å². The van der Waals surface area contributed by atoms with Crippen LogP contribution in [0.15, 0.2) is 37.9 Å². The highest BCUT2D eigenvalue weighted by molar-refractivity contribution is 9.10. The Hall–Kier alpha value is -1.62. The molecule has 0 aliphatic heterocycles. The summed E-state index contributed by atoms with van der Waals surface area (Å²) >= 11 is 3.30. The minimum atomic E-state index is -0.501. The molecule has 2 rings (SSSR count). The van der Waals surface area contributed by atoms with Crippen LogP contribution in [-0.4, -0.2) is 12.5 Å². The third-order valence-corrected chi connectivity index (χ3v) is 3.26. The average molecular weight is 324 g/mol. The van der Waals surface area contributed by atoms with Crippen molar-refractivity contribution in [1.29, 1.82) is 0 Å². The number of amides is 1. The summed E-state index contributed by atoms with van der Waals surface area (Å²) in [6.07, 6.45) is 1.90. The number of carbonyl (C=O) groups is 1. The molecule has 1 amide bonds. The van der Waals surface area contributed by atoms with E-state index in [0.29, 0.717) is 17.3 Å². The maximum atomic E-state index is 11.8. The van der Waals surface area contributed by atoms with Crippen molar-refractivity contribution >= 4 is 32.6 Å². The molecule has 0 bridgehead atoms. The highest BCUT2D eigenvalue weighted by atomic mass is 79.9. The first kappa shape index (κ1) is 13.8. The van der Waals surface area contributed by atoms with Gasteiger partial charge in [0.25, 0.3) is 5.91 Å². The van der Waals surface area contributed by atoms with Gasteiger partial charge in [0.1, 0.15) is 0 Å². The van der Waals surface area contributed by atoms with Crippen LogP contribution in [0.2, 0.25) is 0 Å². The quantitative estimate of drug-likeness (QED) is 0.879. The second-order valence-electron chi connectivity index (χ2n) is 4.24. The molecule has 1 N–H and O–H groups in total. The fraction of sp³-hybridized carbons (Fsp3) is 0.286. The van der Waals surface area contributed by atoms with E-state index in [1.54, 1.807) is 18.2 Å². The van der Waals surface area contributed by atoms with Gasteiger partial charge >= 0.3 is 5.63 Å². The molecule has 100 valence electrons. The molecule has 0 aliphatic rings. The molecular formula is C14H14BrNO3. The SMILES string of the molecule is CCCCNC(=O)c1cc2ccc(Br)cc2c(=O)o1. The fourth-order valence-electron chi connectivity index (χ4n) is 1.73. The topological polar surface area (TPSA) is 59.3 Å². The molecule has 0 aliphatic carbocycles. The smallest absolute Gasteiger partial charge is 0.344 e. The van der Waals surface area contributed by atoms with Crippen LogP contribution in [0.4, 0.5) is 0 Å². The Balaban J connectivity index is 2.33. The number of hydrogen-bond donors (Lipinski definition) is 1. The largest absolute Gasteiger partial charge is 0.417 e. The predicted octanol–water partition coefficient (Wildman–Crippen LogP) is 3.09. The Bertz CT molecular complexity index is 663. The molecule has 4 nitrogen and oxygen atoms in total. The molecule has 0 fully saturated rings.